The molecular formula is C18H23NO4. The first kappa shape index (κ1) is 15.8. The van der Waals surface area contributed by atoms with Gasteiger partial charge >= 0.3 is 0 Å². The zero-order chi connectivity index (χ0) is 16.2. The van der Waals surface area contributed by atoms with Gasteiger partial charge in [-0.2, -0.15) is 0 Å². The number of nitrogens with zero attached hydrogens (tertiary/aromatic N) is 1. The zero-order valence-corrected chi connectivity index (χ0v) is 13.4. The minimum atomic E-state index is -0.562. The third kappa shape index (κ3) is 3.49. The fraction of sp³-hybridized carbons (Fsp3) is 0.556. The van der Waals surface area contributed by atoms with Crippen molar-refractivity contribution in [3.05, 3.63) is 46.0 Å². The highest BCUT2D eigenvalue weighted by atomic mass is 16.6. The molecule has 2 aliphatic carbocycles. The van der Waals surface area contributed by atoms with Gasteiger partial charge in [0.1, 0.15) is 0 Å². The molecule has 1 aromatic carbocycles. The van der Waals surface area contributed by atoms with Crippen molar-refractivity contribution in [1.82, 2.24) is 0 Å². The predicted molar refractivity (Wildman–Crippen MR) is 87.8 cm³/mol. The fourth-order valence-corrected chi connectivity index (χ4v) is 3.59. The summed E-state index contributed by atoms with van der Waals surface area (Å²) in [5.74, 6) is 1.31. The van der Waals surface area contributed by atoms with Crippen molar-refractivity contribution < 1.29 is 14.4 Å². The van der Waals surface area contributed by atoms with Gasteiger partial charge in [-0.1, -0.05) is 18.2 Å². The molecule has 0 heterocycles. The van der Waals surface area contributed by atoms with Gasteiger partial charge in [-0.3, -0.25) is 10.1 Å². The Labute approximate surface area is 136 Å². The van der Waals surface area contributed by atoms with E-state index in [0.29, 0.717) is 24.3 Å². The Morgan fingerprint density at radius 1 is 1.13 bits per heavy atom. The van der Waals surface area contributed by atoms with Crippen LogP contribution in [0.4, 0.5) is 0 Å². The van der Waals surface area contributed by atoms with Crippen LogP contribution in [0, 0.1) is 10.1 Å². The number of benzene rings is 1. The number of nitro groups is 1. The van der Waals surface area contributed by atoms with Crippen molar-refractivity contribution in [2.75, 3.05) is 7.11 Å². The van der Waals surface area contributed by atoms with E-state index in [0.717, 1.165) is 18.4 Å². The zero-order valence-electron chi connectivity index (χ0n) is 13.4. The van der Waals surface area contributed by atoms with Gasteiger partial charge in [0, 0.05) is 11.3 Å². The second-order valence-corrected chi connectivity index (χ2v) is 6.34. The van der Waals surface area contributed by atoms with Gasteiger partial charge in [0.25, 0.3) is 0 Å². The Balaban J connectivity index is 1.86. The molecule has 0 bridgehead atoms. The van der Waals surface area contributed by atoms with E-state index in [1.807, 2.05) is 30.4 Å². The fourth-order valence-electron chi connectivity index (χ4n) is 3.59. The SMILES string of the molecule is COc1ccc(C2CC=CCC2[N+](=O)[O-])cc1OC1CCCC1. The van der Waals surface area contributed by atoms with Crippen LogP contribution in [-0.4, -0.2) is 24.2 Å². The molecule has 0 N–H and O–H groups in total. The quantitative estimate of drug-likeness (QED) is 0.466. The highest BCUT2D eigenvalue weighted by molar-refractivity contribution is 5.44. The summed E-state index contributed by atoms with van der Waals surface area (Å²) >= 11 is 0. The van der Waals surface area contributed by atoms with Crippen LogP contribution >= 0.6 is 0 Å². The van der Waals surface area contributed by atoms with Crippen molar-refractivity contribution in [3.8, 4) is 11.5 Å². The van der Waals surface area contributed by atoms with Gasteiger partial charge in [0.15, 0.2) is 11.5 Å². The molecule has 0 amide bonds. The Morgan fingerprint density at radius 3 is 2.57 bits per heavy atom. The lowest BCUT2D eigenvalue weighted by Crippen LogP contribution is -2.28. The molecule has 2 unspecified atom stereocenters. The van der Waals surface area contributed by atoms with E-state index in [4.69, 9.17) is 9.47 Å². The summed E-state index contributed by atoms with van der Waals surface area (Å²) in [4.78, 5) is 11.2. The number of ether oxygens (including phenoxy) is 2. The molecule has 0 saturated heterocycles. The van der Waals surface area contributed by atoms with E-state index < -0.39 is 6.04 Å². The molecule has 5 nitrogen and oxygen atoms in total. The summed E-state index contributed by atoms with van der Waals surface area (Å²) in [6, 6.07) is 5.18. The lowest BCUT2D eigenvalue weighted by molar-refractivity contribution is -0.526. The highest BCUT2D eigenvalue weighted by Crippen LogP contribution is 2.38. The van der Waals surface area contributed by atoms with E-state index in [2.05, 4.69) is 0 Å². The van der Waals surface area contributed by atoms with Crippen molar-refractivity contribution in [2.45, 2.75) is 56.6 Å². The number of rotatable bonds is 5. The standard InChI is InChI=1S/C18H23NO4/c1-22-17-11-10-13(12-18(17)23-14-6-2-3-7-14)15-8-4-5-9-16(15)19(20)21/h4-5,10-12,14-16H,2-3,6-9H2,1H3. The van der Waals surface area contributed by atoms with Crippen LogP contribution in [0.25, 0.3) is 0 Å². The van der Waals surface area contributed by atoms with Crippen LogP contribution in [0.2, 0.25) is 0 Å². The van der Waals surface area contributed by atoms with E-state index in [9.17, 15) is 10.1 Å². The molecule has 2 atom stereocenters. The van der Waals surface area contributed by atoms with Crippen LogP contribution in [0.3, 0.4) is 0 Å². The molecular weight excluding hydrogens is 294 g/mol. The summed E-state index contributed by atoms with van der Waals surface area (Å²) in [7, 11) is 1.62. The van der Waals surface area contributed by atoms with Crippen molar-refractivity contribution in [1.29, 1.82) is 0 Å². The highest BCUT2D eigenvalue weighted by Gasteiger charge is 2.33. The summed E-state index contributed by atoms with van der Waals surface area (Å²) in [6.45, 7) is 0. The summed E-state index contributed by atoms with van der Waals surface area (Å²) < 4.78 is 11.5. The first-order valence-electron chi connectivity index (χ1n) is 8.32. The van der Waals surface area contributed by atoms with Crippen LogP contribution in [-0.2, 0) is 0 Å². The molecule has 3 rings (SSSR count). The smallest absolute Gasteiger partial charge is 0.223 e. The van der Waals surface area contributed by atoms with E-state index in [1.165, 1.54) is 12.8 Å². The summed E-state index contributed by atoms with van der Waals surface area (Å²) in [6.07, 6.45) is 9.89. The molecule has 1 saturated carbocycles. The van der Waals surface area contributed by atoms with Crippen molar-refractivity contribution in [2.24, 2.45) is 0 Å². The molecule has 124 valence electrons. The van der Waals surface area contributed by atoms with Crippen LogP contribution < -0.4 is 9.47 Å². The van der Waals surface area contributed by atoms with Crippen molar-refractivity contribution >= 4 is 0 Å². The average Bonchev–Trinajstić information content (AvgIpc) is 3.08. The van der Waals surface area contributed by atoms with E-state index >= 15 is 0 Å². The third-order valence-corrected chi connectivity index (χ3v) is 4.88. The maximum atomic E-state index is 11.3. The first-order chi connectivity index (χ1) is 11.2. The number of hydrogen-bond acceptors (Lipinski definition) is 4. The lowest BCUT2D eigenvalue weighted by Gasteiger charge is -2.24. The van der Waals surface area contributed by atoms with Crippen LogP contribution in [0.15, 0.2) is 30.4 Å². The maximum Gasteiger partial charge on any atom is 0.223 e. The van der Waals surface area contributed by atoms with Gasteiger partial charge in [-0.05, 0) is 49.8 Å². The minimum absolute atomic E-state index is 0.105. The largest absolute Gasteiger partial charge is 0.493 e. The molecule has 0 spiro atoms. The summed E-state index contributed by atoms with van der Waals surface area (Å²) in [5, 5.41) is 11.3. The minimum Gasteiger partial charge on any atom is -0.493 e. The second kappa shape index (κ2) is 7.02. The number of allylic oxidation sites excluding steroid dienone is 1. The van der Waals surface area contributed by atoms with Gasteiger partial charge in [-0.15, -0.1) is 0 Å². The van der Waals surface area contributed by atoms with Gasteiger partial charge in [-0.25, -0.2) is 0 Å². The second-order valence-electron chi connectivity index (χ2n) is 6.34. The maximum absolute atomic E-state index is 11.3. The normalized spacial score (nSPS) is 24.6. The topological polar surface area (TPSA) is 61.6 Å². The Bertz CT molecular complexity index is 593. The lowest BCUT2D eigenvalue weighted by atomic mass is 9.83. The molecule has 1 aromatic rings. The Hall–Kier alpha value is -2.04. The van der Waals surface area contributed by atoms with Crippen LogP contribution in [0.1, 0.15) is 50.0 Å². The van der Waals surface area contributed by atoms with E-state index in [1.54, 1.807) is 7.11 Å². The predicted octanol–water partition coefficient (Wildman–Crippen LogP) is 4.10. The monoisotopic (exact) mass is 317 g/mol. The first-order valence-corrected chi connectivity index (χ1v) is 8.32. The van der Waals surface area contributed by atoms with Gasteiger partial charge < -0.3 is 9.47 Å². The molecule has 5 heteroatoms. The van der Waals surface area contributed by atoms with Crippen molar-refractivity contribution in [3.63, 3.8) is 0 Å². The van der Waals surface area contributed by atoms with Gasteiger partial charge in [0.2, 0.25) is 6.04 Å². The molecule has 23 heavy (non-hydrogen) atoms. The number of methoxy groups -OCH3 is 1. The van der Waals surface area contributed by atoms with E-state index in [-0.39, 0.29) is 16.9 Å². The van der Waals surface area contributed by atoms with Gasteiger partial charge in [0.05, 0.1) is 19.1 Å². The number of hydrogen-bond donors (Lipinski definition) is 0. The third-order valence-electron chi connectivity index (χ3n) is 4.88. The molecule has 1 fully saturated rings. The molecule has 0 aliphatic heterocycles. The molecule has 2 aliphatic rings. The summed E-state index contributed by atoms with van der Waals surface area (Å²) in [5.41, 5.74) is 0.963. The average molecular weight is 317 g/mol. The van der Waals surface area contributed by atoms with Crippen LogP contribution in [0.5, 0.6) is 11.5 Å². The Morgan fingerprint density at radius 2 is 1.87 bits per heavy atom. The molecule has 0 aromatic heterocycles. The Kier molecular flexibility index (Phi) is 4.84. The molecule has 0 radical (unpaired) electrons.